The second kappa shape index (κ2) is 8.37. The quantitative estimate of drug-likeness (QED) is 0.811. The van der Waals surface area contributed by atoms with Crippen molar-refractivity contribution >= 4 is 29.9 Å². The Kier molecular flexibility index (Phi) is 6.16. The fourth-order valence-electron chi connectivity index (χ4n) is 3.77. The van der Waals surface area contributed by atoms with Crippen LogP contribution in [0.2, 0.25) is 5.02 Å². The topological polar surface area (TPSA) is 80.0 Å². The first kappa shape index (κ1) is 19.1. The number of benzene rings is 1. The van der Waals surface area contributed by atoms with Gasteiger partial charge in [-0.15, -0.1) is 12.4 Å². The average molecular weight is 397 g/mol. The molecule has 0 radical (unpaired) electrons. The highest BCUT2D eigenvalue weighted by atomic mass is 35.5. The summed E-state index contributed by atoms with van der Waals surface area (Å²) in [5, 5.41) is 11.4. The average Bonchev–Trinajstić information content (AvgIpc) is 3.20. The van der Waals surface area contributed by atoms with Gasteiger partial charge in [0.2, 0.25) is 17.6 Å². The molecular formula is C18H22Cl2N4O2. The first-order valence-corrected chi connectivity index (χ1v) is 9.17. The van der Waals surface area contributed by atoms with Gasteiger partial charge in [0.15, 0.2) is 0 Å². The van der Waals surface area contributed by atoms with Crippen LogP contribution in [0.3, 0.4) is 0 Å². The van der Waals surface area contributed by atoms with E-state index in [1.165, 1.54) is 12.8 Å². The molecule has 0 spiro atoms. The lowest BCUT2D eigenvalue weighted by atomic mass is 9.99. The van der Waals surface area contributed by atoms with Gasteiger partial charge in [0.25, 0.3) is 0 Å². The zero-order valence-corrected chi connectivity index (χ0v) is 15.9. The maximum Gasteiger partial charge on any atom is 0.227 e. The summed E-state index contributed by atoms with van der Waals surface area (Å²) in [6.07, 6.45) is 5.33. The lowest BCUT2D eigenvalue weighted by Crippen LogP contribution is -2.48. The number of halogens is 2. The molecule has 8 heteroatoms. The molecule has 1 amide bonds. The van der Waals surface area contributed by atoms with E-state index >= 15 is 0 Å². The summed E-state index contributed by atoms with van der Waals surface area (Å²) in [6.45, 7) is 0. The normalized spacial score (nSPS) is 24.1. The molecule has 6 nitrogen and oxygen atoms in total. The Hall–Kier alpha value is -1.63. The van der Waals surface area contributed by atoms with Crippen molar-refractivity contribution in [3.05, 3.63) is 35.2 Å². The van der Waals surface area contributed by atoms with Gasteiger partial charge >= 0.3 is 0 Å². The predicted molar refractivity (Wildman–Crippen MR) is 101 cm³/mol. The van der Waals surface area contributed by atoms with Crippen LogP contribution in [-0.4, -0.2) is 34.2 Å². The maximum atomic E-state index is 12.2. The zero-order chi connectivity index (χ0) is 17.2. The molecule has 2 atom stereocenters. The molecule has 2 fully saturated rings. The number of carbonyl (C=O) groups excluding carboxylic acids is 1. The second-order valence-corrected chi connectivity index (χ2v) is 7.33. The second-order valence-electron chi connectivity index (χ2n) is 6.89. The number of hydrogen-bond donors (Lipinski definition) is 2. The SMILES string of the molecule is Cl.O=C(CCc1nc(-c2ccc(Cl)cc2)no1)NC1CC2CCC(C1)N2. The first-order valence-electron chi connectivity index (χ1n) is 8.79. The Morgan fingerprint density at radius 2 is 1.92 bits per heavy atom. The van der Waals surface area contributed by atoms with Crippen LogP contribution < -0.4 is 10.6 Å². The van der Waals surface area contributed by atoms with E-state index in [1.807, 2.05) is 12.1 Å². The van der Waals surface area contributed by atoms with Crippen molar-refractivity contribution in [2.75, 3.05) is 0 Å². The van der Waals surface area contributed by atoms with Crippen LogP contribution in [0.15, 0.2) is 28.8 Å². The number of hydrogen-bond acceptors (Lipinski definition) is 5. The molecule has 3 heterocycles. The van der Waals surface area contributed by atoms with Crippen LogP contribution in [0.5, 0.6) is 0 Å². The number of aromatic nitrogens is 2. The molecule has 1 aromatic heterocycles. The largest absolute Gasteiger partial charge is 0.353 e. The number of nitrogens with one attached hydrogen (secondary N) is 2. The van der Waals surface area contributed by atoms with Crippen LogP contribution in [0.4, 0.5) is 0 Å². The fraction of sp³-hybridized carbons (Fsp3) is 0.500. The highest BCUT2D eigenvalue weighted by Crippen LogP contribution is 2.26. The lowest BCUT2D eigenvalue weighted by Gasteiger charge is -2.29. The van der Waals surface area contributed by atoms with Gasteiger partial charge in [0.05, 0.1) is 0 Å². The summed E-state index contributed by atoms with van der Waals surface area (Å²) in [5.41, 5.74) is 0.842. The van der Waals surface area contributed by atoms with E-state index < -0.39 is 0 Å². The molecule has 0 saturated carbocycles. The molecule has 2 N–H and O–H groups in total. The van der Waals surface area contributed by atoms with Crippen LogP contribution in [0, 0.1) is 0 Å². The predicted octanol–water partition coefficient (Wildman–Crippen LogP) is 3.14. The van der Waals surface area contributed by atoms with Gasteiger partial charge in [-0.3, -0.25) is 4.79 Å². The minimum atomic E-state index is 0. The van der Waals surface area contributed by atoms with Crippen molar-refractivity contribution < 1.29 is 9.32 Å². The summed E-state index contributed by atoms with van der Waals surface area (Å²) < 4.78 is 5.25. The number of fused-ring (bicyclic) bond motifs is 2. The van der Waals surface area contributed by atoms with Crippen molar-refractivity contribution in [1.82, 2.24) is 20.8 Å². The van der Waals surface area contributed by atoms with Crippen LogP contribution in [0.1, 0.15) is 38.0 Å². The fourth-order valence-corrected chi connectivity index (χ4v) is 3.89. The summed E-state index contributed by atoms with van der Waals surface area (Å²) in [6, 6.07) is 8.69. The van der Waals surface area contributed by atoms with E-state index in [0.29, 0.717) is 47.7 Å². The standard InChI is InChI=1S/C18H21ClN4O2.ClH/c19-12-3-1-11(2-4-12)18-22-17(25-23-18)8-7-16(24)21-15-9-13-5-6-14(10-15)20-13;/h1-4,13-15,20H,5-10H2,(H,21,24);1H. The number of piperidine rings is 1. The van der Waals surface area contributed by atoms with Crippen molar-refractivity contribution in [3.63, 3.8) is 0 Å². The van der Waals surface area contributed by atoms with Crippen molar-refractivity contribution in [3.8, 4) is 11.4 Å². The van der Waals surface area contributed by atoms with E-state index in [4.69, 9.17) is 16.1 Å². The lowest BCUT2D eigenvalue weighted by molar-refractivity contribution is -0.122. The molecule has 1 aromatic carbocycles. The van der Waals surface area contributed by atoms with Crippen LogP contribution >= 0.6 is 24.0 Å². The molecule has 2 aliphatic rings. The number of amides is 1. The number of carbonyl (C=O) groups is 1. The van der Waals surface area contributed by atoms with Gasteiger partial charge in [0, 0.05) is 41.6 Å². The van der Waals surface area contributed by atoms with Crippen LogP contribution in [-0.2, 0) is 11.2 Å². The number of rotatable bonds is 5. The van der Waals surface area contributed by atoms with E-state index in [2.05, 4.69) is 20.8 Å². The summed E-state index contributed by atoms with van der Waals surface area (Å²) in [7, 11) is 0. The van der Waals surface area contributed by atoms with Gasteiger partial charge in [0.1, 0.15) is 0 Å². The molecule has 2 aliphatic heterocycles. The van der Waals surface area contributed by atoms with E-state index in [0.717, 1.165) is 18.4 Å². The summed E-state index contributed by atoms with van der Waals surface area (Å²) >= 11 is 5.88. The molecular weight excluding hydrogens is 375 g/mol. The van der Waals surface area contributed by atoms with E-state index in [9.17, 15) is 4.79 Å². The smallest absolute Gasteiger partial charge is 0.227 e. The highest BCUT2D eigenvalue weighted by molar-refractivity contribution is 6.30. The van der Waals surface area contributed by atoms with Gasteiger partial charge in [-0.05, 0) is 49.9 Å². The Bertz CT molecular complexity index is 738. The molecule has 2 aromatic rings. The molecule has 140 valence electrons. The minimum Gasteiger partial charge on any atom is -0.353 e. The molecule has 2 unspecified atom stereocenters. The minimum absolute atomic E-state index is 0. The zero-order valence-electron chi connectivity index (χ0n) is 14.3. The monoisotopic (exact) mass is 396 g/mol. The summed E-state index contributed by atoms with van der Waals surface area (Å²) in [4.78, 5) is 16.5. The first-order chi connectivity index (χ1) is 12.2. The Morgan fingerprint density at radius 3 is 2.62 bits per heavy atom. The van der Waals surface area contributed by atoms with Crippen LogP contribution in [0.25, 0.3) is 11.4 Å². The Balaban J connectivity index is 0.00000196. The molecule has 0 aliphatic carbocycles. The van der Waals surface area contributed by atoms with Crippen molar-refractivity contribution in [2.45, 2.75) is 56.7 Å². The molecule has 26 heavy (non-hydrogen) atoms. The third kappa shape index (κ3) is 4.55. The summed E-state index contributed by atoms with van der Waals surface area (Å²) in [5.74, 6) is 1.05. The van der Waals surface area contributed by atoms with Crippen molar-refractivity contribution in [2.24, 2.45) is 0 Å². The van der Waals surface area contributed by atoms with E-state index in [1.54, 1.807) is 12.1 Å². The molecule has 2 bridgehead atoms. The van der Waals surface area contributed by atoms with Gasteiger partial charge in [-0.1, -0.05) is 16.8 Å². The Morgan fingerprint density at radius 1 is 1.23 bits per heavy atom. The molecule has 4 rings (SSSR count). The van der Waals surface area contributed by atoms with Gasteiger partial charge < -0.3 is 15.2 Å². The third-order valence-corrected chi connectivity index (χ3v) is 5.23. The maximum absolute atomic E-state index is 12.2. The third-order valence-electron chi connectivity index (χ3n) is 4.97. The number of aryl methyl sites for hydroxylation is 1. The highest BCUT2D eigenvalue weighted by Gasteiger charge is 2.33. The van der Waals surface area contributed by atoms with E-state index in [-0.39, 0.29) is 18.3 Å². The molecule has 2 saturated heterocycles. The van der Waals surface area contributed by atoms with Crippen molar-refractivity contribution in [1.29, 1.82) is 0 Å². The van der Waals surface area contributed by atoms with Gasteiger partial charge in [-0.2, -0.15) is 4.98 Å². The Labute approximate surface area is 163 Å². The number of nitrogens with zero attached hydrogens (tertiary/aromatic N) is 2. The van der Waals surface area contributed by atoms with Gasteiger partial charge in [-0.25, -0.2) is 0 Å².